The fourth-order valence-corrected chi connectivity index (χ4v) is 0.944. The molecular formula is C6H6N2O3. The molecule has 1 amide bonds. The number of hydrogen-bond donors (Lipinski definition) is 1. The third-order valence-electron chi connectivity index (χ3n) is 1.56. The highest BCUT2D eigenvalue weighted by Gasteiger charge is 2.33. The Morgan fingerprint density at radius 2 is 2.45 bits per heavy atom. The van der Waals surface area contributed by atoms with Crippen molar-refractivity contribution < 1.29 is 14.7 Å². The average Bonchev–Trinajstić information content (AvgIpc) is 2.31. The van der Waals surface area contributed by atoms with Gasteiger partial charge in [-0.3, -0.25) is 9.69 Å². The van der Waals surface area contributed by atoms with Gasteiger partial charge in [0, 0.05) is 6.54 Å². The van der Waals surface area contributed by atoms with Gasteiger partial charge in [0.05, 0.1) is 12.6 Å². The number of likely N-dealkylation sites (tertiary alicyclic amines) is 1. The van der Waals surface area contributed by atoms with E-state index in [9.17, 15) is 9.59 Å². The van der Waals surface area contributed by atoms with Gasteiger partial charge in [-0.25, -0.2) is 4.79 Å². The Morgan fingerprint density at radius 1 is 1.82 bits per heavy atom. The van der Waals surface area contributed by atoms with Crippen LogP contribution in [-0.4, -0.2) is 35.0 Å². The molecule has 5 heteroatoms. The number of carbonyl (C=O) groups is 2. The zero-order valence-electron chi connectivity index (χ0n) is 5.65. The van der Waals surface area contributed by atoms with E-state index in [1.165, 1.54) is 0 Å². The number of carbonyl (C=O) groups excluding carboxylic acids is 1. The van der Waals surface area contributed by atoms with E-state index >= 15 is 0 Å². The van der Waals surface area contributed by atoms with Crippen molar-refractivity contribution in [1.82, 2.24) is 4.90 Å². The topological polar surface area (TPSA) is 81.4 Å². The lowest BCUT2D eigenvalue weighted by Gasteiger charge is -2.06. The number of rotatable bonds is 0. The summed E-state index contributed by atoms with van der Waals surface area (Å²) < 4.78 is 0. The van der Waals surface area contributed by atoms with Gasteiger partial charge in [0.1, 0.15) is 5.92 Å². The van der Waals surface area contributed by atoms with Crippen LogP contribution in [0, 0.1) is 17.2 Å². The number of carboxylic acid groups (broad SMARTS) is 1. The van der Waals surface area contributed by atoms with Gasteiger partial charge in [-0.2, -0.15) is 5.26 Å². The van der Waals surface area contributed by atoms with Crippen molar-refractivity contribution in [1.29, 1.82) is 5.26 Å². The summed E-state index contributed by atoms with van der Waals surface area (Å²) in [5.74, 6) is -1.07. The molecule has 1 aliphatic heterocycles. The summed E-state index contributed by atoms with van der Waals surface area (Å²) in [6.45, 7) is -0.127. The lowest BCUT2D eigenvalue weighted by molar-refractivity contribution is -0.118. The van der Waals surface area contributed by atoms with Crippen LogP contribution in [0.5, 0.6) is 0 Å². The van der Waals surface area contributed by atoms with Crippen LogP contribution in [0.25, 0.3) is 0 Å². The van der Waals surface area contributed by atoms with Crippen molar-refractivity contribution in [2.45, 2.75) is 0 Å². The molecule has 0 spiro atoms. The maximum absolute atomic E-state index is 10.8. The fraction of sp³-hybridized carbons (Fsp3) is 0.500. The molecular weight excluding hydrogens is 148 g/mol. The maximum atomic E-state index is 10.8. The number of ketones is 1. The number of amides is 1. The van der Waals surface area contributed by atoms with Crippen LogP contribution in [0.1, 0.15) is 0 Å². The predicted octanol–water partition coefficient (Wildman–Crippen LogP) is -0.311. The molecule has 0 aliphatic carbocycles. The van der Waals surface area contributed by atoms with Crippen molar-refractivity contribution in [2.24, 2.45) is 5.92 Å². The highest BCUT2D eigenvalue weighted by molar-refractivity contribution is 5.90. The molecule has 1 atom stereocenters. The molecule has 0 bridgehead atoms. The molecule has 0 aromatic carbocycles. The van der Waals surface area contributed by atoms with E-state index in [1.54, 1.807) is 6.07 Å². The summed E-state index contributed by atoms with van der Waals surface area (Å²) in [6, 6.07) is 1.74. The van der Waals surface area contributed by atoms with Crippen LogP contribution in [0.3, 0.4) is 0 Å². The molecule has 1 aliphatic rings. The summed E-state index contributed by atoms with van der Waals surface area (Å²) >= 11 is 0. The Balaban J connectivity index is 2.65. The average molecular weight is 154 g/mol. The maximum Gasteiger partial charge on any atom is 0.407 e. The number of nitrogens with zero attached hydrogens (tertiary/aromatic N) is 2. The lowest BCUT2D eigenvalue weighted by Crippen LogP contribution is -2.26. The van der Waals surface area contributed by atoms with E-state index in [0.29, 0.717) is 0 Å². The standard InChI is InChI=1S/C6H6N2O3/c7-1-4-2-8(6(10)11)3-5(4)9/h4H,2-3H2,(H,10,11)/t4-/m1/s1. The minimum absolute atomic E-state index is 0.0185. The Hall–Kier alpha value is -1.57. The van der Waals surface area contributed by atoms with Crippen molar-refractivity contribution in [3.8, 4) is 6.07 Å². The normalized spacial score (nSPS) is 23.4. The zero-order valence-corrected chi connectivity index (χ0v) is 5.65. The van der Waals surface area contributed by atoms with Crippen molar-refractivity contribution >= 4 is 11.9 Å². The third-order valence-corrected chi connectivity index (χ3v) is 1.56. The van der Waals surface area contributed by atoms with E-state index in [0.717, 1.165) is 4.90 Å². The first-order valence-electron chi connectivity index (χ1n) is 3.05. The molecule has 1 heterocycles. The number of Topliss-reactive ketones (excluding diaryl/α,β-unsaturated/α-hetero) is 1. The Labute approximate surface area is 62.8 Å². The predicted molar refractivity (Wildman–Crippen MR) is 33.7 cm³/mol. The van der Waals surface area contributed by atoms with Gasteiger partial charge in [0.2, 0.25) is 0 Å². The smallest absolute Gasteiger partial charge is 0.407 e. The van der Waals surface area contributed by atoms with Crippen LogP contribution in [0.15, 0.2) is 0 Å². The highest BCUT2D eigenvalue weighted by atomic mass is 16.4. The number of hydrogen-bond acceptors (Lipinski definition) is 3. The van der Waals surface area contributed by atoms with Crippen LogP contribution < -0.4 is 0 Å². The van der Waals surface area contributed by atoms with Gasteiger partial charge in [-0.05, 0) is 0 Å². The summed E-state index contributed by atoms with van der Waals surface area (Å²) in [7, 11) is 0. The van der Waals surface area contributed by atoms with Gasteiger partial charge in [-0.15, -0.1) is 0 Å². The molecule has 0 saturated carbocycles. The van der Waals surface area contributed by atoms with Crippen LogP contribution in [-0.2, 0) is 4.79 Å². The highest BCUT2D eigenvalue weighted by Crippen LogP contribution is 2.10. The molecule has 0 unspecified atom stereocenters. The third kappa shape index (κ3) is 1.29. The second-order valence-corrected chi connectivity index (χ2v) is 2.31. The summed E-state index contributed by atoms with van der Waals surface area (Å²) in [6.07, 6.45) is -1.14. The van der Waals surface area contributed by atoms with Crippen molar-refractivity contribution in [3.63, 3.8) is 0 Å². The molecule has 1 rings (SSSR count). The van der Waals surface area contributed by atoms with Gasteiger partial charge < -0.3 is 5.11 Å². The molecule has 0 radical (unpaired) electrons. The summed E-state index contributed by atoms with van der Waals surface area (Å²) in [5.41, 5.74) is 0. The van der Waals surface area contributed by atoms with E-state index in [4.69, 9.17) is 10.4 Å². The molecule has 1 N–H and O–H groups in total. The molecule has 1 fully saturated rings. The zero-order chi connectivity index (χ0) is 8.43. The summed E-state index contributed by atoms with van der Waals surface area (Å²) in [4.78, 5) is 22.0. The molecule has 0 aromatic heterocycles. The first-order chi connectivity index (χ1) is 5.15. The SMILES string of the molecule is N#C[C@@H]1CN(C(=O)O)CC1=O. The molecule has 1 saturated heterocycles. The molecule has 11 heavy (non-hydrogen) atoms. The van der Waals surface area contributed by atoms with Gasteiger partial charge in [-0.1, -0.05) is 0 Å². The Kier molecular flexibility index (Phi) is 1.77. The van der Waals surface area contributed by atoms with E-state index in [-0.39, 0.29) is 18.9 Å². The second-order valence-electron chi connectivity index (χ2n) is 2.31. The number of nitriles is 1. The monoisotopic (exact) mass is 154 g/mol. The van der Waals surface area contributed by atoms with E-state index in [1.807, 2.05) is 0 Å². The van der Waals surface area contributed by atoms with Crippen LogP contribution >= 0.6 is 0 Å². The van der Waals surface area contributed by atoms with Crippen LogP contribution in [0.2, 0.25) is 0 Å². The van der Waals surface area contributed by atoms with Crippen molar-refractivity contribution in [3.05, 3.63) is 0 Å². The quantitative estimate of drug-likeness (QED) is 0.518. The lowest BCUT2D eigenvalue weighted by atomic mass is 10.1. The largest absolute Gasteiger partial charge is 0.465 e. The van der Waals surface area contributed by atoms with Crippen molar-refractivity contribution in [2.75, 3.05) is 13.1 Å². The first kappa shape index (κ1) is 7.54. The van der Waals surface area contributed by atoms with Gasteiger partial charge in [0.15, 0.2) is 5.78 Å². The van der Waals surface area contributed by atoms with E-state index < -0.39 is 12.0 Å². The van der Waals surface area contributed by atoms with Gasteiger partial charge in [0.25, 0.3) is 0 Å². The molecule has 5 nitrogen and oxygen atoms in total. The minimum Gasteiger partial charge on any atom is -0.465 e. The fourth-order valence-electron chi connectivity index (χ4n) is 0.944. The second kappa shape index (κ2) is 2.58. The van der Waals surface area contributed by atoms with Gasteiger partial charge >= 0.3 is 6.09 Å². The first-order valence-corrected chi connectivity index (χ1v) is 3.05. The Morgan fingerprint density at radius 3 is 2.73 bits per heavy atom. The van der Waals surface area contributed by atoms with E-state index in [2.05, 4.69) is 0 Å². The Bertz CT molecular complexity index is 243. The van der Waals surface area contributed by atoms with Crippen LogP contribution in [0.4, 0.5) is 4.79 Å². The molecule has 58 valence electrons. The molecule has 0 aromatic rings. The summed E-state index contributed by atoms with van der Waals surface area (Å²) in [5, 5.41) is 16.8. The minimum atomic E-state index is -1.14.